The van der Waals surface area contributed by atoms with E-state index in [4.69, 9.17) is 9.47 Å². The average molecular weight is 295 g/mol. The molecule has 0 aliphatic carbocycles. The van der Waals surface area contributed by atoms with Crippen LogP contribution in [-0.4, -0.2) is 5.97 Å². The summed E-state index contributed by atoms with van der Waals surface area (Å²) in [6.07, 6.45) is 0.0744. The van der Waals surface area contributed by atoms with Crippen LogP contribution in [0.2, 0.25) is 0 Å². The van der Waals surface area contributed by atoms with Crippen LogP contribution in [0.4, 0.5) is 0 Å². The third-order valence-corrected chi connectivity index (χ3v) is 2.96. The fourth-order valence-electron chi connectivity index (χ4n) is 1.93. The minimum atomic E-state index is -0.918. The standard InChI is InChI=1S/C18H17NO3/c1-2-7-18(20)22-17(13-19)14-8-6-11-16(12-14)21-15-9-4-3-5-10-15/h3-6,8-12,17H,2,7H2,1H3. The number of hydrogen-bond donors (Lipinski definition) is 0. The molecular weight excluding hydrogens is 278 g/mol. The van der Waals surface area contributed by atoms with Crippen LogP contribution in [-0.2, 0) is 9.53 Å². The SMILES string of the molecule is CCCC(=O)OC(C#N)c1cccc(Oc2ccccc2)c1. The Hall–Kier alpha value is -2.80. The van der Waals surface area contributed by atoms with Crippen LogP contribution in [0.3, 0.4) is 0 Å². The number of carbonyl (C=O) groups is 1. The zero-order chi connectivity index (χ0) is 15.8. The summed E-state index contributed by atoms with van der Waals surface area (Å²) in [6, 6.07) is 18.4. The van der Waals surface area contributed by atoms with Gasteiger partial charge in [-0.1, -0.05) is 37.3 Å². The van der Waals surface area contributed by atoms with E-state index in [1.165, 1.54) is 0 Å². The van der Waals surface area contributed by atoms with Crippen molar-refractivity contribution in [3.63, 3.8) is 0 Å². The van der Waals surface area contributed by atoms with Gasteiger partial charge in [-0.05, 0) is 30.7 Å². The molecule has 1 unspecified atom stereocenters. The highest BCUT2D eigenvalue weighted by Gasteiger charge is 2.16. The highest BCUT2D eigenvalue weighted by atomic mass is 16.5. The van der Waals surface area contributed by atoms with Crippen molar-refractivity contribution in [1.29, 1.82) is 5.26 Å². The Morgan fingerprint density at radius 1 is 1.14 bits per heavy atom. The van der Waals surface area contributed by atoms with Crippen LogP contribution in [0.5, 0.6) is 11.5 Å². The van der Waals surface area contributed by atoms with Crippen LogP contribution in [0.1, 0.15) is 31.4 Å². The maximum Gasteiger partial charge on any atom is 0.307 e. The monoisotopic (exact) mass is 295 g/mol. The zero-order valence-corrected chi connectivity index (χ0v) is 12.4. The molecule has 0 radical (unpaired) electrons. The second-order valence-electron chi connectivity index (χ2n) is 4.74. The van der Waals surface area contributed by atoms with E-state index in [9.17, 15) is 10.1 Å². The number of hydrogen-bond acceptors (Lipinski definition) is 4. The van der Waals surface area contributed by atoms with Crippen LogP contribution in [0.15, 0.2) is 54.6 Å². The molecular formula is C18H17NO3. The van der Waals surface area contributed by atoms with Crippen molar-refractivity contribution >= 4 is 5.97 Å². The molecule has 2 rings (SSSR count). The zero-order valence-electron chi connectivity index (χ0n) is 12.4. The van der Waals surface area contributed by atoms with E-state index in [1.54, 1.807) is 24.3 Å². The van der Waals surface area contributed by atoms with Crippen molar-refractivity contribution < 1.29 is 14.3 Å². The number of para-hydroxylation sites is 1. The van der Waals surface area contributed by atoms with Gasteiger partial charge in [-0.2, -0.15) is 5.26 Å². The number of benzene rings is 2. The molecule has 0 aliphatic rings. The number of esters is 1. The van der Waals surface area contributed by atoms with Gasteiger partial charge in [0, 0.05) is 12.0 Å². The predicted octanol–water partition coefficient (Wildman–Crippen LogP) is 4.39. The lowest BCUT2D eigenvalue weighted by Gasteiger charge is -2.12. The molecule has 0 aliphatic heterocycles. The van der Waals surface area contributed by atoms with Crippen LogP contribution in [0.25, 0.3) is 0 Å². The van der Waals surface area contributed by atoms with E-state index in [2.05, 4.69) is 0 Å². The van der Waals surface area contributed by atoms with E-state index in [-0.39, 0.29) is 5.97 Å². The summed E-state index contributed by atoms with van der Waals surface area (Å²) in [5, 5.41) is 9.21. The lowest BCUT2D eigenvalue weighted by molar-refractivity contribution is -0.146. The molecule has 112 valence electrons. The van der Waals surface area contributed by atoms with Crippen molar-refractivity contribution in [3.05, 3.63) is 60.2 Å². The van der Waals surface area contributed by atoms with E-state index in [1.807, 2.05) is 43.3 Å². The summed E-state index contributed by atoms with van der Waals surface area (Å²) >= 11 is 0. The normalized spacial score (nSPS) is 11.3. The predicted molar refractivity (Wildman–Crippen MR) is 82.3 cm³/mol. The molecule has 22 heavy (non-hydrogen) atoms. The number of nitriles is 1. The molecule has 2 aromatic rings. The smallest absolute Gasteiger partial charge is 0.307 e. The van der Waals surface area contributed by atoms with Gasteiger partial charge >= 0.3 is 5.97 Å². The molecule has 0 saturated carbocycles. The molecule has 0 heterocycles. The van der Waals surface area contributed by atoms with Crippen molar-refractivity contribution in [2.45, 2.75) is 25.9 Å². The lowest BCUT2D eigenvalue weighted by Crippen LogP contribution is -2.09. The summed E-state index contributed by atoms with van der Waals surface area (Å²) in [7, 11) is 0. The largest absolute Gasteiger partial charge is 0.457 e. The first-order chi connectivity index (χ1) is 10.7. The summed E-state index contributed by atoms with van der Waals surface area (Å²) in [5.41, 5.74) is 0.598. The first-order valence-corrected chi connectivity index (χ1v) is 7.15. The summed E-state index contributed by atoms with van der Waals surface area (Å²) in [5.74, 6) is 0.926. The first-order valence-electron chi connectivity index (χ1n) is 7.15. The minimum absolute atomic E-state index is 0.304. The second-order valence-corrected chi connectivity index (χ2v) is 4.74. The Balaban J connectivity index is 2.12. The molecule has 0 bridgehead atoms. The van der Waals surface area contributed by atoms with Crippen molar-refractivity contribution in [2.75, 3.05) is 0 Å². The maximum atomic E-state index is 11.6. The molecule has 0 amide bonds. The van der Waals surface area contributed by atoms with Gasteiger partial charge in [-0.3, -0.25) is 4.79 Å². The van der Waals surface area contributed by atoms with E-state index in [0.717, 1.165) is 0 Å². The highest BCUT2D eigenvalue weighted by molar-refractivity contribution is 5.70. The summed E-state index contributed by atoms with van der Waals surface area (Å²) < 4.78 is 10.9. The quantitative estimate of drug-likeness (QED) is 0.742. The second kappa shape index (κ2) is 7.84. The number of rotatable bonds is 6. The maximum absolute atomic E-state index is 11.6. The van der Waals surface area contributed by atoms with Crippen molar-refractivity contribution in [2.24, 2.45) is 0 Å². The fraction of sp³-hybridized carbons (Fsp3) is 0.222. The first kappa shape index (κ1) is 15.6. The van der Waals surface area contributed by atoms with Crippen LogP contribution < -0.4 is 4.74 Å². The van der Waals surface area contributed by atoms with Gasteiger partial charge in [0.05, 0.1) is 0 Å². The van der Waals surface area contributed by atoms with Crippen molar-refractivity contribution in [3.8, 4) is 17.6 Å². The molecule has 4 heteroatoms. The third kappa shape index (κ3) is 4.35. The molecule has 0 saturated heterocycles. The van der Waals surface area contributed by atoms with Crippen LogP contribution >= 0.6 is 0 Å². The van der Waals surface area contributed by atoms with Gasteiger partial charge in [0.2, 0.25) is 6.10 Å². The Morgan fingerprint density at radius 2 is 1.86 bits per heavy atom. The molecule has 0 spiro atoms. The van der Waals surface area contributed by atoms with Gasteiger partial charge in [-0.25, -0.2) is 0 Å². The topological polar surface area (TPSA) is 59.3 Å². The Bertz CT molecular complexity index is 662. The molecule has 1 atom stereocenters. The van der Waals surface area contributed by atoms with Gasteiger partial charge in [0.15, 0.2) is 0 Å². The Kier molecular flexibility index (Phi) is 5.56. The Morgan fingerprint density at radius 3 is 2.55 bits per heavy atom. The molecule has 4 nitrogen and oxygen atoms in total. The highest BCUT2D eigenvalue weighted by Crippen LogP contribution is 2.26. The van der Waals surface area contributed by atoms with Gasteiger partial charge < -0.3 is 9.47 Å². The summed E-state index contributed by atoms with van der Waals surface area (Å²) in [4.78, 5) is 11.6. The van der Waals surface area contributed by atoms with Crippen molar-refractivity contribution in [1.82, 2.24) is 0 Å². The van der Waals surface area contributed by atoms with Gasteiger partial charge in [-0.15, -0.1) is 0 Å². The summed E-state index contributed by atoms with van der Waals surface area (Å²) in [6.45, 7) is 1.89. The number of nitrogens with zero attached hydrogens (tertiary/aromatic N) is 1. The average Bonchev–Trinajstić information content (AvgIpc) is 2.54. The minimum Gasteiger partial charge on any atom is -0.457 e. The van der Waals surface area contributed by atoms with Gasteiger partial charge in [0.25, 0.3) is 0 Å². The fourth-order valence-corrected chi connectivity index (χ4v) is 1.93. The molecule has 2 aromatic carbocycles. The van der Waals surface area contributed by atoms with Crippen LogP contribution in [0, 0.1) is 11.3 Å². The lowest BCUT2D eigenvalue weighted by atomic mass is 10.1. The van der Waals surface area contributed by atoms with E-state index in [0.29, 0.717) is 29.9 Å². The molecule has 0 N–H and O–H groups in total. The third-order valence-electron chi connectivity index (χ3n) is 2.96. The number of ether oxygens (including phenoxy) is 2. The molecule has 0 fully saturated rings. The molecule has 0 aromatic heterocycles. The number of carbonyl (C=O) groups excluding carboxylic acids is 1. The van der Waals surface area contributed by atoms with Gasteiger partial charge in [0.1, 0.15) is 17.6 Å². The van der Waals surface area contributed by atoms with E-state index >= 15 is 0 Å². The Labute approximate surface area is 129 Å². The van der Waals surface area contributed by atoms with E-state index < -0.39 is 6.10 Å².